The predicted octanol–water partition coefficient (Wildman–Crippen LogP) is 3.49. The highest BCUT2D eigenvalue weighted by Gasteiger charge is 2.34. The van der Waals surface area contributed by atoms with Gasteiger partial charge >= 0.3 is 6.18 Å². The topological polar surface area (TPSA) is 81.6 Å². The number of hydrogen-bond acceptors (Lipinski definition) is 4. The van der Waals surface area contributed by atoms with Crippen LogP contribution in [0.2, 0.25) is 0 Å². The Labute approximate surface area is 133 Å². The molecule has 0 aromatic carbocycles. The van der Waals surface area contributed by atoms with E-state index in [1.54, 1.807) is 5.10 Å². The zero-order valence-corrected chi connectivity index (χ0v) is 12.6. The number of aromatic nitrogens is 2. The highest BCUT2D eigenvalue weighted by Crippen LogP contribution is 2.37. The lowest BCUT2D eigenvalue weighted by Crippen LogP contribution is -2.12. The molecule has 2 N–H and O–H groups in total. The maximum Gasteiger partial charge on any atom is 0.432 e. The van der Waals surface area contributed by atoms with Crippen molar-refractivity contribution in [2.24, 2.45) is 0 Å². The van der Waals surface area contributed by atoms with Crippen molar-refractivity contribution in [1.29, 1.82) is 5.26 Å². The van der Waals surface area contributed by atoms with Crippen molar-refractivity contribution in [2.75, 3.05) is 5.32 Å². The number of nitrogens with one attached hydrogen (secondary N) is 2. The lowest BCUT2D eigenvalue weighted by Gasteiger charge is -2.09. The number of H-pyrrole nitrogens is 1. The summed E-state index contributed by atoms with van der Waals surface area (Å²) in [6.07, 6.45) is -0.943. The number of aryl methyl sites for hydroxylation is 1. The Kier molecular flexibility index (Phi) is 3.85. The van der Waals surface area contributed by atoms with Crippen molar-refractivity contribution in [3.05, 3.63) is 33.5 Å². The van der Waals surface area contributed by atoms with Gasteiger partial charge in [-0.3, -0.25) is 9.89 Å². The zero-order chi connectivity index (χ0) is 16.6. The summed E-state index contributed by atoms with van der Waals surface area (Å²) in [4.78, 5) is 13.1. The molecule has 0 radical (unpaired) electrons. The molecule has 1 aliphatic rings. The first-order valence-electron chi connectivity index (χ1n) is 6.88. The molecular formula is C14H11F3N4OS. The van der Waals surface area contributed by atoms with Crippen LogP contribution in [-0.2, 0) is 19.0 Å². The monoisotopic (exact) mass is 340 g/mol. The van der Waals surface area contributed by atoms with Gasteiger partial charge in [0.05, 0.1) is 5.56 Å². The molecule has 0 spiro atoms. The lowest BCUT2D eigenvalue weighted by atomic mass is 9.96. The van der Waals surface area contributed by atoms with Crippen LogP contribution in [0.3, 0.4) is 0 Å². The first-order chi connectivity index (χ1) is 10.9. The van der Waals surface area contributed by atoms with Crippen molar-refractivity contribution < 1.29 is 18.0 Å². The fraction of sp³-hybridized carbons (Fsp3) is 0.357. The normalized spacial score (nSPS) is 14.2. The molecule has 0 fully saturated rings. The molecule has 0 saturated carbocycles. The number of thiophene rings is 1. The zero-order valence-electron chi connectivity index (χ0n) is 11.8. The van der Waals surface area contributed by atoms with Gasteiger partial charge in [-0.05, 0) is 31.2 Å². The fourth-order valence-corrected chi connectivity index (χ4v) is 3.76. The van der Waals surface area contributed by atoms with Gasteiger partial charge in [-0.2, -0.15) is 23.5 Å². The number of aromatic amines is 1. The molecule has 9 heteroatoms. The minimum atomic E-state index is -4.59. The van der Waals surface area contributed by atoms with Crippen molar-refractivity contribution in [2.45, 2.75) is 31.9 Å². The van der Waals surface area contributed by atoms with E-state index in [4.69, 9.17) is 0 Å². The second-order valence-electron chi connectivity index (χ2n) is 5.15. The van der Waals surface area contributed by atoms with E-state index in [0.29, 0.717) is 16.6 Å². The van der Waals surface area contributed by atoms with Gasteiger partial charge in [-0.15, -0.1) is 11.3 Å². The summed E-state index contributed by atoms with van der Waals surface area (Å²) in [5.74, 6) is -0.771. The van der Waals surface area contributed by atoms with Gasteiger partial charge in [0.1, 0.15) is 16.8 Å². The van der Waals surface area contributed by atoms with E-state index in [1.807, 2.05) is 0 Å². The van der Waals surface area contributed by atoms with E-state index in [1.165, 1.54) is 11.3 Å². The Balaban J connectivity index is 1.85. The molecule has 2 aromatic rings. The Morgan fingerprint density at radius 3 is 2.78 bits per heavy atom. The van der Waals surface area contributed by atoms with E-state index in [9.17, 15) is 23.2 Å². The molecule has 2 heterocycles. The summed E-state index contributed by atoms with van der Waals surface area (Å²) in [7, 11) is 0. The highest BCUT2D eigenvalue weighted by molar-refractivity contribution is 7.16. The van der Waals surface area contributed by atoms with Gasteiger partial charge in [-0.25, -0.2) is 0 Å². The Hall–Kier alpha value is -2.34. The molecule has 0 bridgehead atoms. The number of hydrogen-bond donors (Lipinski definition) is 2. The van der Waals surface area contributed by atoms with Crippen LogP contribution in [0.4, 0.5) is 18.2 Å². The molecule has 0 unspecified atom stereocenters. The molecule has 1 amide bonds. The van der Waals surface area contributed by atoms with Crippen molar-refractivity contribution in [3.63, 3.8) is 0 Å². The standard InChI is InChI=1S/C14H11F3N4OS/c15-14(16,17)11-5-9(20-21-11)12(22)19-13-8(6-18)7-3-1-2-4-10(7)23-13/h5H,1-4H2,(H,19,22)(H,20,21). The number of anilines is 1. The summed E-state index contributed by atoms with van der Waals surface area (Å²) in [5, 5.41) is 17.3. The van der Waals surface area contributed by atoms with Crippen LogP contribution >= 0.6 is 11.3 Å². The van der Waals surface area contributed by atoms with Crippen LogP contribution in [0, 0.1) is 11.3 Å². The van der Waals surface area contributed by atoms with Crippen LogP contribution in [0.25, 0.3) is 0 Å². The minimum Gasteiger partial charge on any atom is -0.311 e. The molecule has 0 aliphatic heterocycles. The predicted molar refractivity (Wildman–Crippen MR) is 77.2 cm³/mol. The number of carbonyl (C=O) groups excluding carboxylic acids is 1. The SMILES string of the molecule is N#Cc1c(NC(=O)c2cc(C(F)(F)F)[nH]n2)sc2c1CCCC2. The van der Waals surface area contributed by atoms with Crippen LogP contribution < -0.4 is 5.32 Å². The number of carbonyl (C=O) groups is 1. The fourth-order valence-electron chi connectivity index (χ4n) is 2.52. The average molecular weight is 340 g/mol. The van der Waals surface area contributed by atoms with Crippen LogP contribution in [-0.4, -0.2) is 16.1 Å². The van der Waals surface area contributed by atoms with E-state index >= 15 is 0 Å². The third kappa shape index (κ3) is 2.94. The molecule has 23 heavy (non-hydrogen) atoms. The van der Waals surface area contributed by atoms with E-state index < -0.39 is 17.8 Å². The second-order valence-corrected chi connectivity index (χ2v) is 6.25. The minimum absolute atomic E-state index is 0.368. The molecule has 5 nitrogen and oxygen atoms in total. The first-order valence-corrected chi connectivity index (χ1v) is 7.70. The number of rotatable bonds is 2. The van der Waals surface area contributed by atoms with Gasteiger partial charge < -0.3 is 5.32 Å². The van der Waals surface area contributed by atoms with E-state index in [-0.39, 0.29) is 5.69 Å². The van der Waals surface area contributed by atoms with Gasteiger partial charge in [0, 0.05) is 10.9 Å². The Morgan fingerprint density at radius 1 is 1.39 bits per heavy atom. The number of nitrogens with zero attached hydrogens (tertiary/aromatic N) is 2. The summed E-state index contributed by atoms with van der Waals surface area (Å²) in [6.45, 7) is 0. The number of halogens is 3. The summed E-state index contributed by atoms with van der Waals surface area (Å²) >= 11 is 1.31. The summed E-state index contributed by atoms with van der Waals surface area (Å²) in [6, 6.07) is 2.73. The number of nitriles is 1. The van der Waals surface area contributed by atoms with Crippen molar-refractivity contribution in [3.8, 4) is 6.07 Å². The molecule has 120 valence electrons. The quantitative estimate of drug-likeness (QED) is 0.878. The average Bonchev–Trinajstić information content (AvgIpc) is 3.11. The summed E-state index contributed by atoms with van der Waals surface area (Å²) < 4.78 is 37.6. The molecule has 0 saturated heterocycles. The van der Waals surface area contributed by atoms with Crippen molar-refractivity contribution >= 4 is 22.2 Å². The van der Waals surface area contributed by atoms with E-state index in [2.05, 4.69) is 16.5 Å². The number of fused-ring (bicyclic) bond motifs is 1. The first kappa shape index (κ1) is 15.6. The lowest BCUT2D eigenvalue weighted by molar-refractivity contribution is -0.141. The maximum atomic E-state index is 12.5. The van der Waals surface area contributed by atoms with Gasteiger partial charge in [-0.1, -0.05) is 0 Å². The third-order valence-corrected chi connectivity index (χ3v) is 4.83. The second kappa shape index (κ2) is 5.70. The molecule has 1 aliphatic carbocycles. The molecular weight excluding hydrogens is 329 g/mol. The Morgan fingerprint density at radius 2 is 2.13 bits per heavy atom. The third-order valence-electron chi connectivity index (χ3n) is 3.63. The summed E-state index contributed by atoms with van der Waals surface area (Å²) in [5.41, 5.74) is -0.108. The largest absolute Gasteiger partial charge is 0.432 e. The van der Waals surface area contributed by atoms with Gasteiger partial charge in [0.25, 0.3) is 5.91 Å². The van der Waals surface area contributed by atoms with Gasteiger partial charge in [0.2, 0.25) is 0 Å². The Bertz CT molecular complexity index is 800. The van der Waals surface area contributed by atoms with Crippen LogP contribution in [0.1, 0.15) is 45.0 Å². The number of alkyl halides is 3. The van der Waals surface area contributed by atoms with Crippen LogP contribution in [0.5, 0.6) is 0 Å². The molecule has 0 atom stereocenters. The van der Waals surface area contributed by atoms with E-state index in [0.717, 1.165) is 36.1 Å². The van der Waals surface area contributed by atoms with Crippen LogP contribution in [0.15, 0.2) is 6.07 Å². The molecule has 3 rings (SSSR count). The van der Waals surface area contributed by atoms with Gasteiger partial charge in [0.15, 0.2) is 5.69 Å². The highest BCUT2D eigenvalue weighted by atomic mass is 32.1. The maximum absolute atomic E-state index is 12.5. The van der Waals surface area contributed by atoms with Crippen molar-refractivity contribution in [1.82, 2.24) is 10.2 Å². The number of amides is 1. The smallest absolute Gasteiger partial charge is 0.311 e. The molecule has 2 aromatic heterocycles.